The number of H-pyrrole nitrogens is 1. The number of fused-ring (bicyclic) bond motifs is 1. The molecule has 0 aliphatic carbocycles. The quantitative estimate of drug-likeness (QED) is 0.833. The lowest BCUT2D eigenvalue weighted by atomic mass is 10.3. The van der Waals surface area contributed by atoms with E-state index in [1.807, 2.05) is 18.2 Å². The molecule has 0 spiro atoms. The van der Waals surface area contributed by atoms with Crippen LogP contribution in [0.4, 0.5) is 4.79 Å². The van der Waals surface area contributed by atoms with E-state index in [2.05, 4.69) is 36.4 Å². The number of carbonyl (C=O) groups is 1. The fraction of sp³-hybridized carbons (Fsp3) is 0.100. The van der Waals surface area contributed by atoms with Crippen molar-refractivity contribution in [1.29, 1.82) is 0 Å². The SMILES string of the molecule is Cl.O=C1NN=C(c2nc3ccc(Br)cc3[nH]2)CS1. The number of carbonyl (C=O) groups excluding carboxylic acids is 1. The smallest absolute Gasteiger partial charge is 0.299 e. The van der Waals surface area contributed by atoms with Crippen LogP contribution >= 0.6 is 40.1 Å². The summed E-state index contributed by atoms with van der Waals surface area (Å²) in [5.74, 6) is 1.23. The number of halogens is 2. The van der Waals surface area contributed by atoms with Crippen LogP contribution in [-0.2, 0) is 0 Å². The molecule has 0 saturated heterocycles. The molecule has 0 bridgehead atoms. The first-order valence-electron chi connectivity index (χ1n) is 4.87. The first kappa shape index (κ1) is 13.4. The first-order chi connectivity index (χ1) is 8.22. The summed E-state index contributed by atoms with van der Waals surface area (Å²) < 4.78 is 0.994. The molecule has 1 amide bonds. The van der Waals surface area contributed by atoms with Gasteiger partial charge in [-0.1, -0.05) is 27.7 Å². The van der Waals surface area contributed by atoms with Crippen LogP contribution in [-0.4, -0.2) is 26.7 Å². The van der Waals surface area contributed by atoms with E-state index in [0.29, 0.717) is 11.6 Å². The largest absolute Gasteiger partial charge is 0.337 e. The summed E-state index contributed by atoms with van der Waals surface area (Å²) in [7, 11) is 0. The van der Waals surface area contributed by atoms with Gasteiger partial charge in [-0.15, -0.1) is 12.4 Å². The number of thioether (sulfide) groups is 1. The van der Waals surface area contributed by atoms with Crippen molar-refractivity contribution >= 4 is 62.1 Å². The molecule has 1 aliphatic rings. The van der Waals surface area contributed by atoms with Crippen LogP contribution in [0.5, 0.6) is 0 Å². The second-order valence-electron chi connectivity index (χ2n) is 3.49. The van der Waals surface area contributed by atoms with Gasteiger partial charge in [-0.05, 0) is 18.2 Å². The lowest BCUT2D eigenvalue weighted by Crippen LogP contribution is -2.24. The number of aromatic nitrogens is 2. The Balaban J connectivity index is 0.00000120. The monoisotopic (exact) mass is 346 g/mol. The number of imidazole rings is 1. The maximum absolute atomic E-state index is 11.0. The van der Waals surface area contributed by atoms with Crippen LogP contribution in [0.3, 0.4) is 0 Å². The van der Waals surface area contributed by atoms with E-state index in [4.69, 9.17) is 0 Å². The fourth-order valence-electron chi connectivity index (χ4n) is 1.55. The van der Waals surface area contributed by atoms with Gasteiger partial charge < -0.3 is 4.98 Å². The van der Waals surface area contributed by atoms with Crippen molar-refractivity contribution in [1.82, 2.24) is 15.4 Å². The minimum Gasteiger partial charge on any atom is -0.337 e. The highest BCUT2D eigenvalue weighted by Crippen LogP contribution is 2.19. The van der Waals surface area contributed by atoms with Crippen molar-refractivity contribution in [2.24, 2.45) is 5.10 Å². The third-order valence-electron chi connectivity index (χ3n) is 2.34. The van der Waals surface area contributed by atoms with E-state index in [1.165, 1.54) is 11.8 Å². The Morgan fingerprint density at radius 3 is 2.94 bits per heavy atom. The zero-order valence-electron chi connectivity index (χ0n) is 8.94. The molecule has 5 nitrogen and oxygen atoms in total. The number of hydrogen-bond donors (Lipinski definition) is 2. The number of rotatable bonds is 1. The predicted molar refractivity (Wildman–Crippen MR) is 78.6 cm³/mol. The van der Waals surface area contributed by atoms with Crippen LogP contribution in [0.1, 0.15) is 5.82 Å². The highest BCUT2D eigenvalue weighted by atomic mass is 79.9. The van der Waals surface area contributed by atoms with E-state index < -0.39 is 0 Å². The molecule has 8 heteroatoms. The van der Waals surface area contributed by atoms with Gasteiger partial charge in [0, 0.05) is 4.47 Å². The zero-order valence-corrected chi connectivity index (χ0v) is 12.2. The molecule has 0 fully saturated rings. The maximum Gasteiger partial charge on any atom is 0.299 e. The molecule has 0 saturated carbocycles. The van der Waals surface area contributed by atoms with Gasteiger partial charge in [-0.2, -0.15) is 5.10 Å². The number of benzene rings is 1. The molecule has 1 aromatic carbocycles. The van der Waals surface area contributed by atoms with Crippen LogP contribution in [0, 0.1) is 0 Å². The molecule has 0 unspecified atom stereocenters. The molecule has 1 aromatic heterocycles. The Kier molecular flexibility index (Phi) is 3.94. The molecular weight excluding hydrogens is 340 g/mol. The molecule has 2 N–H and O–H groups in total. The number of hydrogen-bond acceptors (Lipinski definition) is 4. The number of aromatic amines is 1. The second-order valence-corrected chi connectivity index (χ2v) is 5.36. The summed E-state index contributed by atoms with van der Waals surface area (Å²) in [5.41, 5.74) is 5.01. The van der Waals surface area contributed by atoms with Gasteiger partial charge in [0.05, 0.1) is 16.8 Å². The van der Waals surface area contributed by atoms with Gasteiger partial charge in [-0.3, -0.25) is 4.79 Å². The third kappa shape index (κ3) is 2.52. The highest BCUT2D eigenvalue weighted by Gasteiger charge is 2.16. The second kappa shape index (κ2) is 5.29. The molecular formula is C10H8BrClN4OS. The Morgan fingerprint density at radius 1 is 1.39 bits per heavy atom. The molecule has 1 aliphatic heterocycles. The molecule has 18 heavy (non-hydrogen) atoms. The lowest BCUT2D eigenvalue weighted by molar-refractivity contribution is 0.261. The van der Waals surface area contributed by atoms with E-state index in [1.54, 1.807) is 0 Å². The standard InChI is InChI=1S/C10H7BrN4OS.ClH/c11-5-1-2-6-7(3-5)13-9(12-6)8-4-17-10(16)15-14-8;/h1-3H,4H2,(H,12,13)(H,15,16);1H. The van der Waals surface area contributed by atoms with Crippen molar-refractivity contribution < 1.29 is 4.79 Å². The van der Waals surface area contributed by atoms with E-state index in [0.717, 1.165) is 21.2 Å². The van der Waals surface area contributed by atoms with Gasteiger partial charge in [0.2, 0.25) is 0 Å². The van der Waals surface area contributed by atoms with Gasteiger partial charge in [0.25, 0.3) is 5.24 Å². The highest BCUT2D eigenvalue weighted by molar-refractivity contribution is 9.10. The summed E-state index contributed by atoms with van der Waals surface area (Å²) in [4.78, 5) is 18.6. The van der Waals surface area contributed by atoms with Crippen LogP contribution in [0.2, 0.25) is 0 Å². The summed E-state index contributed by atoms with van der Waals surface area (Å²) in [6.07, 6.45) is 0. The number of hydrazone groups is 1. The minimum atomic E-state index is -0.132. The first-order valence-corrected chi connectivity index (χ1v) is 6.65. The maximum atomic E-state index is 11.0. The van der Waals surface area contributed by atoms with Crippen molar-refractivity contribution in [3.63, 3.8) is 0 Å². The molecule has 0 radical (unpaired) electrons. The molecule has 94 valence electrons. The number of nitrogens with one attached hydrogen (secondary N) is 2. The van der Waals surface area contributed by atoms with Gasteiger partial charge in [0.1, 0.15) is 5.71 Å². The summed E-state index contributed by atoms with van der Waals surface area (Å²) >= 11 is 4.59. The van der Waals surface area contributed by atoms with Gasteiger partial charge in [-0.25, -0.2) is 10.4 Å². The van der Waals surface area contributed by atoms with Gasteiger partial charge >= 0.3 is 0 Å². The fourth-order valence-corrected chi connectivity index (χ4v) is 2.49. The van der Waals surface area contributed by atoms with Crippen molar-refractivity contribution in [3.8, 4) is 0 Å². The number of nitrogens with zero attached hydrogens (tertiary/aromatic N) is 2. The minimum absolute atomic E-state index is 0. The Labute approximate surface area is 121 Å². The Bertz CT molecular complexity index is 642. The van der Waals surface area contributed by atoms with Crippen molar-refractivity contribution in [2.75, 3.05) is 5.75 Å². The van der Waals surface area contributed by atoms with Crippen LogP contribution in [0.15, 0.2) is 27.8 Å². The third-order valence-corrected chi connectivity index (χ3v) is 3.60. The Morgan fingerprint density at radius 2 is 2.22 bits per heavy atom. The van der Waals surface area contributed by atoms with E-state index >= 15 is 0 Å². The number of amides is 1. The lowest BCUT2D eigenvalue weighted by Gasteiger charge is -2.08. The average Bonchev–Trinajstić information content (AvgIpc) is 2.72. The van der Waals surface area contributed by atoms with Crippen LogP contribution < -0.4 is 5.43 Å². The topological polar surface area (TPSA) is 70.1 Å². The summed E-state index contributed by atoms with van der Waals surface area (Å²) in [6.45, 7) is 0. The van der Waals surface area contributed by atoms with Crippen molar-refractivity contribution in [2.45, 2.75) is 0 Å². The van der Waals surface area contributed by atoms with Crippen LogP contribution in [0.25, 0.3) is 11.0 Å². The van der Waals surface area contributed by atoms with E-state index in [-0.39, 0.29) is 17.6 Å². The Hall–Kier alpha value is -1.05. The summed E-state index contributed by atoms with van der Waals surface area (Å²) in [5, 5.41) is 3.86. The van der Waals surface area contributed by atoms with E-state index in [9.17, 15) is 4.79 Å². The average molecular weight is 348 g/mol. The molecule has 2 heterocycles. The molecule has 0 atom stereocenters. The predicted octanol–water partition coefficient (Wildman–Crippen LogP) is 2.91. The van der Waals surface area contributed by atoms with Crippen molar-refractivity contribution in [3.05, 3.63) is 28.5 Å². The zero-order chi connectivity index (χ0) is 11.8. The van der Waals surface area contributed by atoms with Gasteiger partial charge in [0.15, 0.2) is 5.82 Å². The summed E-state index contributed by atoms with van der Waals surface area (Å²) in [6, 6.07) is 5.82. The normalized spacial score (nSPS) is 14.9. The molecule has 2 aromatic rings. The molecule has 3 rings (SSSR count).